The van der Waals surface area contributed by atoms with Crippen molar-refractivity contribution < 1.29 is 0 Å². The number of hydrogen-bond acceptors (Lipinski definition) is 2. The van der Waals surface area contributed by atoms with Gasteiger partial charge in [-0.15, -0.1) is 0 Å². The van der Waals surface area contributed by atoms with Crippen LogP contribution in [0.2, 0.25) is 0 Å². The summed E-state index contributed by atoms with van der Waals surface area (Å²) in [6, 6.07) is 20.5. The Kier molecular flexibility index (Phi) is 2.68. The predicted molar refractivity (Wildman–Crippen MR) is 86.2 cm³/mol. The van der Waals surface area contributed by atoms with E-state index < -0.39 is 0 Å². The summed E-state index contributed by atoms with van der Waals surface area (Å²) in [5.41, 5.74) is 7.77. The van der Waals surface area contributed by atoms with Crippen molar-refractivity contribution in [2.24, 2.45) is 4.99 Å². The van der Waals surface area contributed by atoms with Gasteiger partial charge in [0.05, 0.1) is 17.1 Å². The first-order valence-electron chi connectivity index (χ1n) is 7.04. The summed E-state index contributed by atoms with van der Waals surface area (Å²) in [6.45, 7) is 2.13. The van der Waals surface area contributed by atoms with Gasteiger partial charge in [-0.25, -0.2) is 4.99 Å². The maximum Gasteiger partial charge on any atom is 0.0810 e. The number of benzene rings is 2. The van der Waals surface area contributed by atoms with E-state index in [4.69, 9.17) is 4.99 Å². The van der Waals surface area contributed by atoms with Crippen molar-refractivity contribution in [3.05, 3.63) is 83.6 Å². The Bertz CT molecular complexity index is 848. The van der Waals surface area contributed by atoms with Gasteiger partial charge in [0.25, 0.3) is 0 Å². The number of rotatable bonds is 1. The number of hydrogen-bond donors (Lipinski definition) is 0. The maximum absolute atomic E-state index is 4.86. The van der Waals surface area contributed by atoms with Gasteiger partial charge in [0.2, 0.25) is 0 Å². The van der Waals surface area contributed by atoms with Crippen LogP contribution in [0.15, 0.2) is 71.9 Å². The third-order valence-corrected chi connectivity index (χ3v) is 3.82. The normalized spacial score (nSPS) is 14.0. The Morgan fingerprint density at radius 3 is 2.48 bits per heavy atom. The highest BCUT2D eigenvalue weighted by molar-refractivity contribution is 6.24. The summed E-state index contributed by atoms with van der Waals surface area (Å²) in [5, 5.41) is 0. The molecule has 0 saturated carbocycles. The monoisotopic (exact) mass is 270 g/mol. The molecule has 1 heterocycles. The van der Waals surface area contributed by atoms with Gasteiger partial charge in [-0.2, -0.15) is 0 Å². The lowest BCUT2D eigenvalue weighted by atomic mass is 10.0. The van der Waals surface area contributed by atoms with Crippen LogP contribution in [-0.4, -0.2) is 10.7 Å². The van der Waals surface area contributed by atoms with E-state index in [0.717, 1.165) is 22.7 Å². The number of nitrogens with zero attached hydrogens (tertiary/aromatic N) is 2. The molecule has 2 heteroatoms. The molecule has 100 valence electrons. The third-order valence-electron chi connectivity index (χ3n) is 3.82. The maximum atomic E-state index is 4.86. The largest absolute Gasteiger partial charge is 0.256 e. The SMILES string of the molecule is Cc1cccc2c1-c1ncccc1C2=Nc1ccccc1. The highest BCUT2D eigenvalue weighted by atomic mass is 14.8. The second kappa shape index (κ2) is 4.67. The predicted octanol–water partition coefficient (Wildman–Crippen LogP) is 4.54. The van der Waals surface area contributed by atoms with Crippen LogP contribution in [0.3, 0.4) is 0 Å². The van der Waals surface area contributed by atoms with Gasteiger partial charge in [0, 0.05) is 22.9 Å². The molecule has 1 aromatic heterocycles. The number of fused-ring (bicyclic) bond motifs is 3. The van der Waals surface area contributed by atoms with Crippen molar-refractivity contribution in [1.82, 2.24) is 4.98 Å². The average Bonchev–Trinajstić information content (AvgIpc) is 2.84. The van der Waals surface area contributed by atoms with Gasteiger partial charge < -0.3 is 0 Å². The average molecular weight is 270 g/mol. The lowest BCUT2D eigenvalue weighted by molar-refractivity contribution is 1.31. The fourth-order valence-corrected chi connectivity index (χ4v) is 2.87. The van der Waals surface area contributed by atoms with Crippen LogP contribution < -0.4 is 0 Å². The first kappa shape index (κ1) is 12.0. The van der Waals surface area contributed by atoms with Crippen molar-refractivity contribution in [3.63, 3.8) is 0 Å². The topological polar surface area (TPSA) is 25.2 Å². The van der Waals surface area contributed by atoms with Crippen molar-refractivity contribution >= 4 is 11.4 Å². The third kappa shape index (κ3) is 1.88. The Labute approximate surface area is 123 Å². The summed E-state index contributed by atoms with van der Waals surface area (Å²) in [7, 11) is 0. The smallest absolute Gasteiger partial charge is 0.0810 e. The van der Waals surface area contributed by atoms with E-state index in [1.54, 1.807) is 0 Å². The zero-order valence-electron chi connectivity index (χ0n) is 11.7. The van der Waals surface area contributed by atoms with Crippen molar-refractivity contribution in [1.29, 1.82) is 0 Å². The fourth-order valence-electron chi connectivity index (χ4n) is 2.87. The van der Waals surface area contributed by atoms with Crippen LogP contribution in [0.5, 0.6) is 0 Å². The van der Waals surface area contributed by atoms with Crippen LogP contribution in [0, 0.1) is 6.92 Å². The minimum absolute atomic E-state index is 0.969. The Hall–Kier alpha value is -2.74. The molecule has 0 bridgehead atoms. The van der Waals surface area contributed by atoms with Crippen LogP contribution in [0.1, 0.15) is 16.7 Å². The highest BCUT2D eigenvalue weighted by Gasteiger charge is 2.26. The van der Waals surface area contributed by atoms with Gasteiger partial charge in [-0.3, -0.25) is 4.98 Å². The molecule has 1 aliphatic carbocycles. The fraction of sp³-hybridized carbons (Fsp3) is 0.0526. The molecule has 2 nitrogen and oxygen atoms in total. The first-order chi connectivity index (χ1) is 10.3. The Balaban J connectivity index is 2.02. The van der Waals surface area contributed by atoms with E-state index in [2.05, 4.69) is 36.2 Å². The standard InChI is InChI=1S/C19H14N2/c1-13-7-5-10-15-17(13)19-16(11-6-12-20-19)18(15)21-14-8-3-2-4-9-14/h2-12H,1H3. The molecule has 0 amide bonds. The lowest BCUT2D eigenvalue weighted by Crippen LogP contribution is -1.97. The minimum Gasteiger partial charge on any atom is -0.256 e. The molecular formula is C19H14N2. The Morgan fingerprint density at radius 2 is 1.62 bits per heavy atom. The summed E-state index contributed by atoms with van der Waals surface area (Å²) in [6.07, 6.45) is 1.85. The van der Waals surface area contributed by atoms with E-state index in [9.17, 15) is 0 Å². The summed E-state index contributed by atoms with van der Waals surface area (Å²) in [4.78, 5) is 9.43. The number of para-hydroxylation sites is 1. The second-order valence-corrected chi connectivity index (χ2v) is 5.19. The molecule has 0 unspecified atom stereocenters. The molecule has 21 heavy (non-hydrogen) atoms. The molecule has 0 saturated heterocycles. The van der Waals surface area contributed by atoms with E-state index in [-0.39, 0.29) is 0 Å². The number of pyridine rings is 1. The number of aliphatic imine (C=N–C) groups is 1. The molecule has 0 aliphatic heterocycles. The van der Waals surface area contributed by atoms with Gasteiger partial charge in [0.15, 0.2) is 0 Å². The summed E-state index contributed by atoms with van der Waals surface area (Å²) in [5.74, 6) is 0. The van der Waals surface area contributed by atoms with Crippen molar-refractivity contribution in [3.8, 4) is 11.3 Å². The Morgan fingerprint density at radius 1 is 0.810 bits per heavy atom. The quantitative estimate of drug-likeness (QED) is 0.498. The molecule has 1 aliphatic rings. The van der Waals surface area contributed by atoms with E-state index >= 15 is 0 Å². The van der Waals surface area contributed by atoms with Crippen LogP contribution in [0.25, 0.3) is 11.3 Å². The van der Waals surface area contributed by atoms with E-state index in [1.807, 2.05) is 42.6 Å². The van der Waals surface area contributed by atoms with Crippen molar-refractivity contribution in [2.45, 2.75) is 6.92 Å². The summed E-state index contributed by atoms with van der Waals surface area (Å²) < 4.78 is 0. The molecule has 3 aromatic rings. The molecule has 0 spiro atoms. The van der Waals surface area contributed by atoms with Gasteiger partial charge in [-0.1, -0.05) is 36.4 Å². The number of aryl methyl sites for hydroxylation is 1. The molecule has 0 N–H and O–H groups in total. The van der Waals surface area contributed by atoms with Crippen molar-refractivity contribution in [2.75, 3.05) is 0 Å². The van der Waals surface area contributed by atoms with Crippen LogP contribution >= 0.6 is 0 Å². The molecular weight excluding hydrogens is 256 g/mol. The van der Waals surface area contributed by atoms with Gasteiger partial charge in [-0.05, 0) is 36.8 Å². The molecule has 4 rings (SSSR count). The minimum atomic E-state index is 0.969. The van der Waals surface area contributed by atoms with E-state index in [1.165, 1.54) is 16.7 Å². The van der Waals surface area contributed by atoms with Crippen LogP contribution in [-0.2, 0) is 0 Å². The number of aromatic nitrogens is 1. The molecule has 0 atom stereocenters. The highest BCUT2D eigenvalue weighted by Crippen LogP contribution is 2.38. The van der Waals surface area contributed by atoms with Crippen LogP contribution in [0.4, 0.5) is 5.69 Å². The molecule has 0 radical (unpaired) electrons. The first-order valence-corrected chi connectivity index (χ1v) is 7.04. The summed E-state index contributed by atoms with van der Waals surface area (Å²) >= 11 is 0. The second-order valence-electron chi connectivity index (χ2n) is 5.19. The van der Waals surface area contributed by atoms with Gasteiger partial charge >= 0.3 is 0 Å². The zero-order valence-corrected chi connectivity index (χ0v) is 11.7. The zero-order chi connectivity index (χ0) is 14.2. The van der Waals surface area contributed by atoms with E-state index in [0.29, 0.717) is 0 Å². The molecule has 0 fully saturated rings. The van der Waals surface area contributed by atoms with Gasteiger partial charge in [0.1, 0.15) is 0 Å². The molecule has 2 aromatic carbocycles. The lowest BCUT2D eigenvalue weighted by Gasteiger charge is -2.03.